The number of nitrogens with zero attached hydrogens (tertiary/aromatic N) is 3. The van der Waals surface area contributed by atoms with Crippen molar-refractivity contribution in [2.75, 3.05) is 19.3 Å². The van der Waals surface area contributed by atoms with Gasteiger partial charge in [0.1, 0.15) is 17.5 Å². The van der Waals surface area contributed by atoms with Crippen LogP contribution in [0.15, 0.2) is 6.20 Å². The molecule has 1 rings (SSSR count). The summed E-state index contributed by atoms with van der Waals surface area (Å²) in [5.74, 6) is -0.204. The highest BCUT2D eigenvalue weighted by molar-refractivity contribution is 5.83. The Kier molecular flexibility index (Phi) is 2.62. The lowest BCUT2D eigenvalue weighted by atomic mass is 10.4. The van der Waals surface area contributed by atoms with Crippen molar-refractivity contribution in [1.29, 1.82) is 5.26 Å². The number of hydrogen-bond acceptors (Lipinski definition) is 5. The van der Waals surface area contributed by atoms with Crippen LogP contribution in [-0.4, -0.2) is 29.3 Å². The van der Waals surface area contributed by atoms with Gasteiger partial charge < -0.3 is 11.1 Å². The number of nitriles is 1. The molecule has 0 bridgehead atoms. The van der Waals surface area contributed by atoms with Crippen LogP contribution in [0.1, 0.15) is 10.4 Å². The zero-order chi connectivity index (χ0) is 9.84. The molecule has 0 amide bonds. The molecule has 0 spiro atoms. The first-order valence-electron chi connectivity index (χ1n) is 3.62. The molecule has 6 nitrogen and oxygen atoms in total. The minimum Gasteiger partial charge on any atom is -0.382 e. The van der Waals surface area contributed by atoms with E-state index in [-0.39, 0.29) is 23.8 Å². The monoisotopic (exact) mass is 179 g/mol. The molecule has 1 aromatic heterocycles. The molecule has 0 aliphatic carbocycles. The summed E-state index contributed by atoms with van der Waals surface area (Å²) in [4.78, 5) is 11.2. The molecular weight excluding hydrogens is 170 g/mol. The van der Waals surface area contributed by atoms with Gasteiger partial charge in [-0.05, 0) is 7.05 Å². The fourth-order valence-corrected chi connectivity index (χ4v) is 0.869. The highest BCUT2D eigenvalue weighted by Crippen LogP contribution is 2.07. The molecule has 0 aromatic carbocycles. The number of likely N-dealkylation sites (N-methyl/N-ethyl adjacent to an activating group) is 1. The maximum absolute atomic E-state index is 11.2. The molecule has 0 unspecified atom stereocenters. The van der Waals surface area contributed by atoms with E-state index in [0.717, 1.165) is 4.68 Å². The van der Waals surface area contributed by atoms with Crippen LogP contribution in [0.25, 0.3) is 0 Å². The van der Waals surface area contributed by atoms with Crippen LogP contribution in [0.5, 0.6) is 0 Å². The molecule has 13 heavy (non-hydrogen) atoms. The topological polar surface area (TPSA) is 96.7 Å². The van der Waals surface area contributed by atoms with Gasteiger partial charge in [0.25, 0.3) is 5.91 Å². The third-order valence-corrected chi connectivity index (χ3v) is 1.49. The molecule has 0 radical (unpaired) electrons. The van der Waals surface area contributed by atoms with Gasteiger partial charge in [-0.2, -0.15) is 15.0 Å². The van der Waals surface area contributed by atoms with Crippen molar-refractivity contribution < 1.29 is 4.79 Å². The lowest BCUT2D eigenvalue weighted by molar-refractivity contribution is 0.0902. The normalized spacial score (nSPS) is 9.54. The first-order chi connectivity index (χ1) is 6.20. The molecule has 0 aliphatic heterocycles. The number of hydrogen-bond donors (Lipinski definition) is 2. The van der Waals surface area contributed by atoms with E-state index in [1.807, 2.05) is 6.07 Å². The number of nitrogens with two attached hydrogens (primary N) is 1. The van der Waals surface area contributed by atoms with Crippen molar-refractivity contribution in [1.82, 2.24) is 15.1 Å². The van der Waals surface area contributed by atoms with Crippen molar-refractivity contribution in [2.45, 2.75) is 0 Å². The van der Waals surface area contributed by atoms with E-state index < -0.39 is 0 Å². The summed E-state index contributed by atoms with van der Waals surface area (Å²) in [6, 6.07) is 1.83. The standard InChI is InChI=1S/C7H9N5O/c1-10-4-6(13)12-7(9)5(2-8)3-11-12/h3,10H,4,9H2,1H3. The van der Waals surface area contributed by atoms with Crippen molar-refractivity contribution in [3.8, 4) is 6.07 Å². The Labute approximate surface area is 74.9 Å². The second-order valence-electron chi connectivity index (χ2n) is 2.39. The van der Waals surface area contributed by atoms with Gasteiger partial charge >= 0.3 is 0 Å². The van der Waals surface area contributed by atoms with Crippen molar-refractivity contribution >= 4 is 11.7 Å². The van der Waals surface area contributed by atoms with Gasteiger partial charge in [-0.25, -0.2) is 0 Å². The molecule has 3 N–H and O–H groups in total. The summed E-state index contributed by atoms with van der Waals surface area (Å²) in [6.07, 6.45) is 1.27. The number of carbonyl (C=O) groups excluding carboxylic acids is 1. The van der Waals surface area contributed by atoms with Crippen LogP contribution in [0, 0.1) is 11.3 Å². The Hall–Kier alpha value is -1.87. The highest BCUT2D eigenvalue weighted by atomic mass is 16.2. The van der Waals surface area contributed by atoms with Gasteiger partial charge in [-0.15, -0.1) is 0 Å². The van der Waals surface area contributed by atoms with Crippen molar-refractivity contribution in [2.24, 2.45) is 0 Å². The number of nitrogen functional groups attached to an aromatic ring is 1. The predicted octanol–water partition coefficient (Wildman–Crippen LogP) is -0.803. The molecule has 6 heteroatoms. The molecule has 1 aromatic rings. The first-order valence-corrected chi connectivity index (χ1v) is 3.62. The Morgan fingerprint density at radius 3 is 3.08 bits per heavy atom. The smallest absolute Gasteiger partial charge is 0.262 e. The number of nitrogens with one attached hydrogen (secondary N) is 1. The highest BCUT2D eigenvalue weighted by Gasteiger charge is 2.11. The van der Waals surface area contributed by atoms with Gasteiger partial charge in [-0.1, -0.05) is 0 Å². The summed E-state index contributed by atoms with van der Waals surface area (Å²) < 4.78 is 1.01. The van der Waals surface area contributed by atoms with E-state index in [0.29, 0.717) is 0 Å². The summed E-state index contributed by atoms with van der Waals surface area (Å²) >= 11 is 0. The van der Waals surface area contributed by atoms with E-state index in [2.05, 4.69) is 10.4 Å². The Balaban J connectivity index is 2.97. The molecular formula is C7H9N5O. The molecule has 0 aliphatic rings. The van der Waals surface area contributed by atoms with Crippen LogP contribution >= 0.6 is 0 Å². The van der Waals surface area contributed by atoms with Crippen LogP contribution in [-0.2, 0) is 0 Å². The van der Waals surface area contributed by atoms with Gasteiger partial charge in [0.05, 0.1) is 12.7 Å². The Bertz CT molecular complexity index is 361. The van der Waals surface area contributed by atoms with Crippen LogP contribution in [0.3, 0.4) is 0 Å². The third kappa shape index (κ3) is 1.65. The minimum atomic E-state index is -0.290. The molecule has 0 fully saturated rings. The van der Waals surface area contributed by atoms with E-state index >= 15 is 0 Å². The second kappa shape index (κ2) is 3.69. The summed E-state index contributed by atoms with van der Waals surface area (Å²) in [5.41, 5.74) is 5.69. The molecule has 0 saturated carbocycles. The summed E-state index contributed by atoms with van der Waals surface area (Å²) in [6.45, 7) is 0.136. The lowest BCUT2D eigenvalue weighted by Crippen LogP contribution is -2.26. The van der Waals surface area contributed by atoms with Crippen LogP contribution < -0.4 is 11.1 Å². The van der Waals surface area contributed by atoms with Gasteiger partial charge in [0, 0.05) is 0 Å². The fourth-order valence-electron chi connectivity index (χ4n) is 0.869. The molecule has 68 valence electrons. The van der Waals surface area contributed by atoms with E-state index in [9.17, 15) is 4.79 Å². The summed E-state index contributed by atoms with van der Waals surface area (Å²) in [5, 5.41) is 14.9. The van der Waals surface area contributed by atoms with Crippen LogP contribution in [0.2, 0.25) is 0 Å². The largest absolute Gasteiger partial charge is 0.382 e. The number of rotatable bonds is 2. The van der Waals surface area contributed by atoms with Crippen molar-refractivity contribution in [3.63, 3.8) is 0 Å². The SMILES string of the molecule is CNCC(=O)n1ncc(C#N)c1N. The molecule has 0 saturated heterocycles. The number of aromatic nitrogens is 2. The van der Waals surface area contributed by atoms with Gasteiger partial charge in [0.2, 0.25) is 0 Å². The number of carbonyl (C=O) groups is 1. The van der Waals surface area contributed by atoms with Gasteiger partial charge in [0.15, 0.2) is 0 Å². The Morgan fingerprint density at radius 1 is 1.92 bits per heavy atom. The third-order valence-electron chi connectivity index (χ3n) is 1.49. The zero-order valence-corrected chi connectivity index (χ0v) is 7.11. The maximum atomic E-state index is 11.2. The number of anilines is 1. The quantitative estimate of drug-likeness (QED) is 0.619. The molecule has 0 atom stereocenters. The summed E-state index contributed by atoms with van der Waals surface area (Å²) in [7, 11) is 1.64. The van der Waals surface area contributed by atoms with E-state index in [1.54, 1.807) is 7.05 Å². The average molecular weight is 179 g/mol. The van der Waals surface area contributed by atoms with Crippen LogP contribution in [0.4, 0.5) is 5.82 Å². The average Bonchev–Trinajstić information content (AvgIpc) is 2.47. The van der Waals surface area contributed by atoms with Crippen molar-refractivity contribution in [3.05, 3.63) is 11.8 Å². The van der Waals surface area contributed by atoms with E-state index in [4.69, 9.17) is 11.0 Å². The zero-order valence-electron chi connectivity index (χ0n) is 7.11. The fraction of sp³-hybridized carbons (Fsp3) is 0.286. The van der Waals surface area contributed by atoms with Gasteiger partial charge in [-0.3, -0.25) is 4.79 Å². The van der Waals surface area contributed by atoms with E-state index in [1.165, 1.54) is 6.20 Å². The minimum absolute atomic E-state index is 0.0859. The Morgan fingerprint density at radius 2 is 2.62 bits per heavy atom. The molecule has 1 heterocycles. The predicted molar refractivity (Wildman–Crippen MR) is 45.9 cm³/mol. The first kappa shape index (κ1) is 9.22. The lowest BCUT2D eigenvalue weighted by Gasteiger charge is -2.00. The maximum Gasteiger partial charge on any atom is 0.262 e. The second-order valence-corrected chi connectivity index (χ2v) is 2.39.